The lowest BCUT2D eigenvalue weighted by atomic mass is 9.94. The van der Waals surface area contributed by atoms with E-state index in [1.54, 1.807) is 46.9 Å². The molecule has 4 N–H and O–H groups in total. The van der Waals surface area contributed by atoms with E-state index in [4.69, 9.17) is 29.5 Å². The van der Waals surface area contributed by atoms with Gasteiger partial charge in [0.25, 0.3) is 0 Å². The van der Waals surface area contributed by atoms with Crippen molar-refractivity contribution in [3.05, 3.63) is 0 Å². The lowest BCUT2D eigenvalue weighted by Gasteiger charge is -2.26. The Bertz CT molecular complexity index is 544. The summed E-state index contributed by atoms with van der Waals surface area (Å²) in [4.78, 5) is 34.8. The lowest BCUT2D eigenvalue weighted by molar-refractivity contribution is -0.148. The van der Waals surface area contributed by atoms with Crippen LogP contribution in [0.3, 0.4) is 0 Å². The number of hydrogen-bond acceptors (Lipinski definition) is 9. The Labute approximate surface area is 189 Å². The molecule has 176 valence electrons. The highest BCUT2D eigenvalue weighted by atomic mass is 32.2. The smallest absolute Gasteiger partial charge is 0.464 e. The van der Waals surface area contributed by atoms with Crippen molar-refractivity contribution in [3.63, 3.8) is 0 Å². The fourth-order valence-electron chi connectivity index (χ4n) is 2.24. The van der Waals surface area contributed by atoms with E-state index in [1.807, 2.05) is 0 Å². The third kappa shape index (κ3) is 11.0. The van der Waals surface area contributed by atoms with Gasteiger partial charge in [-0.25, -0.2) is 0 Å². The summed E-state index contributed by atoms with van der Waals surface area (Å²) in [5.41, 5.74) is 9.79. The number of primary amides is 2. The van der Waals surface area contributed by atoms with Gasteiger partial charge in [0.2, 0.25) is 11.8 Å². The molecular weight excluding hydrogens is 448 g/mol. The van der Waals surface area contributed by atoms with Crippen LogP contribution in [0.25, 0.3) is 0 Å². The third-order valence-corrected chi connectivity index (χ3v) is 10.1. The monoisotopic (exact) mass is 484 g/mol. The Balaban J connectivity index is 4.29. The Morgan fingerprint density at radius 3 is 2.13 bits per heavy atom. The van der Waals surface area contributed by atoms with Crippen molar-refractivity contribution in [1.82, 2.24) is 0 Å². The number of nitrogens with two attached hydrogens (primary N) is 2. The van der Waals surface area contributed by atoms with E-state index >= 15 is 0 Å². The molecule has 0 fully saturated rings. The molecule has 0 aromatic heterocycles. The second kappa shape index (κ2) is 15.1. The maximum atomic E-state index is 12.0. The van der Waals surface area contributed by atoms with E-state index in [9.17, 15) is 14.4 Å². The molecule has 0 aromatic rings. The highest BCUT2D eigenvalue weighted by molar-refractivity contribution is 7.99. The summed E-state index contributed by atoms with van der Waals surface area (Å²) >= 11 is 3.01. The minimum atomic E-state index is -2.60. The van der Waals surface area contributed by atoms with Crippen molar-refractivity contribution in [2.24, 2.45) is 22.8 Å². The summed E-state index contributed by atoms with van der Waals surface area (Å²) in [6.07, 6.45) is 0.984. The molecule has 0 saturated heterocycles. The molecule has 9 nitrogen and oxygen atoms in total. The van der Waals surface area contributed by atoms with E-state index in [0.29, 0.717) is 23.3 Å². The normalized spacial score (nSPS) is 14.7. The molecule has 0 spiro atoms. The van der Waals surface area contributed by atoms with Crippen molar-refractivity contribution in [1.29, 1.82) is 0 Å². The number of hydrogen-bond donors (Lipinski definition) is 2. The Hall–Kier alpha value is -0.793. The van der Waals surface area contributed by atoms with Crippen LogP contribution in [-0.2, 0) is 32.4 Å². The number of amides is 2. The van der Waals surface area contributed by atoms with Crippen molar-refractivity contribution in [3.8, 4) is 0 Å². The van der Waals surface area contributed by atoms with E-state index in [1.165, 1.54) is 11.8 Å². The predicted molar refractivity (Wildman–Crippen MR) is 122 cm³/mol. The Morgan fingerprint density at radius 1 is 1.03 bits per heavy atom. The number of thioether (sulfide) groups is 2. The lowest BCUT2D eigenvalue weighted by Crippen LogP contribution is -2.43. The van der Waals surface area contributed by atoms with E-state index in [2.05, 4.69) is 0 Å². The molecule has 0 aliphatic rings. The quantitative estimate of drug-likeness (QED) is 0.167. The molecule has 2 atom stereocenters. The van der Waals surface area contributed by atoms with Crippen molar-refractivity contribution >= 4 is 50.1 Å². The van der Waals surface area contributed by atoms with Gasteiger partial charge >= 0.3 is 14.8 Å². The maximum Gasteiger partial charge on any atom is 0.500 e. The van der Waals surface area contributed by atoms with Gasteiger partial charge in [-0.15, -0.1) is 0 Å². The summed E-state index contributed by atoms with van der Waals surface area (Å²) in [6.45, 7) is 3.37. The fraction of sp³-hybridized carbons (Fsp3) is 0.833. The molecule has 2 amide bonds. The molecule has 0 radical (unpaired) electrons. The van der Waals surface area contributed by atoms with Gasteiger partial charge in [0, 0.05) is 50.5 Å². The van der Waals surface area contributed by atoms with Gasteiger partial charge in [-0.2, -0.15) is 23.5 Å². The van der Waals surface area contributed by atoms with Gasteiger partial charge in [-0.3, -0.25) is 14.4 Å². The average Bonchev–Trinajstić information content (AvgIpc) is 2.72. The summed E-state index contributed by atoms with van der Waals surface area (Å²) in [5, 5.41) is 0. The summed E-state index contributed by atoms with van der Waals surface area (Å²) in [5.74, 6) is 0.744. The topological polar surface area (TPSA) is 140 Å². The van der Waals surface area contributed by atoms with Gasteiger partial charge in [0.15, 0.2) is 0 Å². The summed E-state index contributed by atoms with van der Waals surface area (Å²) in [7, 11) is 2.12. The molecular formula is C18H36N2O7S2Si. The van der Waals surface area contributed by atoms with Crippen LogP contribution < -0.4 is 11.5 Å². The molecule has 0 saturated carbocycles. The van der Waals surface area contributed by atoms with E-state index in [0.717, 1.165) is 12.2 Å². The van der Waals surface area contributed by atoms with Crippen LogP contribution in [0.4, 0.5) is 0 Å². The number of carbonyl (C=O) groups excluding carboxylic acids is 3. The average molecular weight is 485 g/mol. The molecule has 2 unspecified atom stereocenters. The minimum Gasteiger partial charge on any atom is -0.464 e. The zero-order chi connectivity index (χ0) is 23.2. The minimum absolute atomic E-state index is 0.0660. The van der Waals surface area contributed by atoms with E-state index < -0.39 is 26.1 Å². The first kappa shape index (κ1) is 29.2. The van der Waals surface area contributed by atoms with Gasteiger partial charge in [0.1, 0.15) is 6.61 Å². The first-order valence-electron chi connectivity index (χ1n) is 9.61. The van der Waals surface area contributed by atoms with Gasteiger partial charge in [0.05, 0.1) is 11.8 Å². The molecule has 0 aliphatic carbocycles. The third-order valence-electron chi connectivity index (χ3n) is 4.58. The highest BCUT2D eigenvalue weighted by Gasteiger charge is 2.37. The van der Waals surface area contributed by atoms with Crippen LogP contribution in [0.15, 0.2) is 0 Å². The molecule has 0 bridgehead atoms. The van der Waals surface area contributed by atoms with Gasteiger partial charge < -0.3 is 29.5 Å². The summed E-state index contributed by atoms with van der Waals surface area (Å²) in [6, 6.07) is 0.664. The summed E-state index contributed by atoms with van der Waals surface area (Å²) < 4.78 is 21.4. The molecule has 12 heteroatoms. The van der Waals surface area contributed by atoms with Crippen LogP contribution in [0.5, 0.6) is 0 Å². The van der Waals surface area contributed by atoms with Gasteiger partial charge in [-0.05, 0) is 19.1 Å². The standard InChI is InChI=1S/C18H36N2O7S2Si/c1-14(16(19)22)11-28-9-7-15(21)27-12-18(2,17(20)23)13-29-8-6-10-30(24-3,25-4)26-5/h14H,6-13H2,1-5H3,(H2,19,22)(H2,20,23). The second-order valence-electron chi connectivity index (χ2n) is 7.17. The second-order valence-corrected chi connectivity index (χ2v) is 12.5. The van der Waals surface area contributed by atoms with Gasteiger partial charge in [-0.1, -0.05) is 6.92 Å². The molecule has 0 rings (SSSR count). The number of ether oxygens (including phenoxy) is 1. The van der Waals surface area contributed by atoms with E-state index in [-0.39, 0.29) is 24.9 Å². The highest BCUT2D eigenvalue weighted by Crippen LogP contribution is 2.25. The number of carbonyl (C=O) groups is 3. The molecule has 30 heavy (non-hydrogen) atoms. The van der Waals surface area contributed by atoms with Crippen molar-refractivity contribution < 1.29 is 32.4 Å². The molecule has 0 heterocycles. The number of esters is 1. The van der Waals surface area contributed by atoms with Crippen molar-refractivity contribution in [2.75, 3.05) is 50.9 Å². The largest absolute Gasteiger partial charge is 0.500 e. The predicted octanol–water partition coefficient (Wildman–Crippen LogP) is 1.27. The van der Waals surface area contributed by atoms with Crippen LogP contribution in [0, 0.1) is 11.3 Å². The SMILES string of the molecule is CO[Si](CCCSCC(C)(COC(=O)CCSCC(C)C(N)=O)C(N)=O)(OC)OC. The molecule has 0 aliphatic heterocycles. The Morgan fingerprint density at radius 2 is 1.63 bits per heavy atom. The zero-order valence-electron chi connectivity index (χ0n) is 18.6. The van der Waals surface area contributed by atoms with Crippen molar-refractivity contribution in [2.45, 2.75) is 32.7 Å². The van der Waals surface area contributed by atoms with Crippen LogP contribution in [0.2, 0.25) is 6.04 Å². The fourth-order valence-corrected chi connectivity index (χ4v) is 6.38. The molecule has 0 aromatic carbocycles. The maximum absolute atomic E-state index is 12.0. The van der Waals surface area contributed by atoms with Crippen LogP contribution in [0.1, 0.15) is 26.7 Å². The number of rotatable bonds is 18. The van der Waals surface area contributed by atoms with Crippen LogP contribution in [-0.4, -0.2) is 77.5 Å². The zero-order valence-corrected chi connectivity index (χ0v) is 21.2. The van der Waals surface area contributed by atoms with Crippen LogP contribution >= 0.6 is 23.5 Å². The first-order chi connectivity index (χ1) is 14.1. The first-order valence-corrected chi connectivity index (χ1v) is 13.9. The Kier molecular flexibility index (Phi) is 14.7.